The Morgan fingerprint density at radius 1 is 1.59 bits per heavy atom. The van der Waals surface area contributed by atoms with E-state index in [1.165, 1.54) is 12.1 Å². The molecule has 0 bridgehead atoms. The van der Waals surface area contributed by atoms with E-state index in [1.54, 1.807) is 0 Å². The summed E-state index contributed by atoms with van der Waals surface area (Å²) in [5.41, 5.74) is -0.553. The topological polar surface area (TPSA) is 89.7 Å². The van der Waals surface area contributed by atoms with E-state index in [0.29, 0.717) is 6.42 Å². The van der Waals surface area contributed by atoms with Crippen LogP contribution in [0, 0.1) is 22.5 Å². The van der Waals surface area contributed by atoms with Gasteiger partial charge in [-0.15, -0.1) is 12.3 Å². The Balaban J connectivity index is 3.01. The minimum absolute atomic E-state index is 0.0679. The molecule has 0 heterocycles. The van der Waals surface area contributed by atoms with Gasteiger partial charge >= 0.3 is 5.97 Å². The van der Waals surface area contributed by atoms with Gasteiger partial charge in [-0.2, -0.15) is 0 Å². The molecule has 6 heteroatoms. The molecule has 6 nitrogen and oxygen atoms in total. The summed E-state index contributed by atoms with van der Waals surface area (Å²) >= 11 is 0. The highest BCUT2D eigenvalue weighted by molar-refractivity contribution is 5.91. The lowest BCUT2D eigenvalue weighted by Crippen LogP contribution is -2.05. The lowest BCUT2D eigenvalue weighted by molar-refractivity contribution is -0.384. The van der Waals surface area contributed by atoms with Gasteiger partial charge in [0.1, 0.15) is 11.3 Å². The largest absolute Gasteiger partial charge is 0.492 e. The number of terminal acetylenes is 1. The molecule has 88 valence electrons. The Hall–Kier alpha value is -2.55. The maximum atomic E-state index is 10.9. The number of rotatable bonds is 5. The first kappa shape index (κ1) is 12.5. The second-order valence-corrected chi connectivity index (χ2v) is 3.05. The molecule has 1 aromatic carbocycles. The summed E-state index contributed by atoms with van der Waals surface area (Å²) in [5.74, 6) is 1.12. The lowest BCUT2D eigenvalue weighted by atomic mass is 10.2. The molecule has 0 amide bonds. The van der Waals surface area contributed by atoms with Gasteiger partial charge in [-0.1, -0.05) is 0 Å². The molecule has 0 aromatic heterocycles. The molecule has 0 aliphatic heterocycles. The van der Waals surface area contributed by atoms with Crippen molar-refractivity contribution in [3.05, 3.63) is 33.9 Å². The van der Waals surface area contributed by atoms with Crippen molar-refractivity contribution in [1.82, 2.24) is 0 Å². The molecule has 1 N–H and O–H groups in total. The number of carboxylic acid groups (broad SMARTS) is 1. The van der Waals surface area contributed by atoms with Crippen LogP contribution in [0.1, 0.15) is 16.8 Å². The number of non-ortho nitro benzene ring substituents is 1. The van der Waals surface area contributed by atoms with Crippen LogP contribution >= 0.6 is 0 Å². The Morgan fingerprint density at radius 2 is 2.29 bits per heavy atom. The first-order valence-electron chi connectivity index (χ1n) is 4.64. The summed E-state index contributed by atoms with van der Waals surface area (Å²) in [6, 6.07) is 3.38. The SMILES string of the molecule is C#CCCOc1ccc([N+](=O)[O-])cc1C(=O)O. The fourth-order valence-corrected chi connectivity index (χ4v) is 1.14. The van der Waals surface area contributed by atoms with E-state index in [9.17, 15) is 14.9 Å². The fourth-order valence-electron chi connectivity index (χ4n) is 1.14. The third-order valence-electron chi connectivity index (χ3n) is 1.91. The van der Waals surface area contributed by atoms with E-state index in [2.05, 4.69) is 5.92 Å². The number of carbonyl (C=O) groups is 1. The molecule has 0 fully saturated rings. The van der Waals surface area contributed by atoms with Crippen LogP contribution in [0.5, 0.6) is 5.75 Å². The predicted octanol–water partition coefficient (Wildman–Crippen LogP) is 1.70. The van der Waals surface area contributed by atoms with Gasteiger partial charge in [0, 0.05) is 18.6 Å². The van der Waals surface area contributed by atoms with Crippen LogP contribution < -0.4 is 4.74 Å². The van der Waals surface area contributed by atoms with Crippen molar-refractivity contribution >= 4 is 11.7 Å². The summed E-state index contributed by atoms with van der Waals surface area (Å²) in [6.07, 6.45) is 5.35. The van der Waals surface area contributed by atoms with Crippen LogP contribution in [0.3, 0.4) is 0 Å². The average Bonchev–Trinajstić information content (AvgIpc) is 2.29. The van der Waals surface area contributed by atoms with Crippen molar-refractivity contribution in [1.29, 1.82) is 0 Å². The van der Waals surface area contributed by atoms with Crippen molar-refractivity contribution < 1.29 is 19.6 Å². The molecular weight excluding hydrogens is 226 g/mol. The Morgan fingerprint density at radius 3 is 2.82 bits per heavy atom. The average molecular weight is 235 g/mol. The lowest BCUT2D eigenvalue weighted by Gasteiger charge is -2.07. The monoisotopic (exact) mass is 235 g/mol. The normalized spacial score (nSPS) is 9.35. The van der Waals surface area contributed by atoms with Gasteiger partial charge in [0.25, 0.3) is 5.69 Å². The molecule has 0 aliphatic carbocycles. The van der Waals surface area contributed by atoms with Crippen molar-refractivity contribution in [3.8, 4) is 18.1 Å². The smallest absolute Gasteiger partial charge is 0.339 e. The number of hydrogen-bond donors (Lipinski definition) is 1. The third-order valence-corrected chi connectivity index (χ3v) is 1.91. The van der Waals surface area contributed by atoms with Crippen LogP contribution in [0.15, 0.2) is 18.2 Å². The maximum absolute atomic E-state index is 10.9. The van der Waals surface area contributed by atoms with Gasteiger partial charge in [0.05, 0.1) is 11.5 Å². The zero-order chi connectivity index (χ0) is 12.8. The quantitative estimate of drug-likeness (QED) is 0.363. The number of hydrogen-bond acceptors (Lipinski definition) is 4. The number of carboxylic acids is 1. The maximum Gasteiger partial charge on any atom is 0.339 e. The molecule has 0 saturated carbocycles. The second kappa shape index (κ2) is 5.51. The van der Waals surface area contributed by atoms with E-state index >= 15 is 0 Å². The van der Waals surface area contributed by atoms with Crippen molar-refractivity contribution in [3.63, 3.8) is 0 Å². The number of ether oxygens (including phenoxy) is 1. The van der Waals surface area contributed by atoms with Gasteiger partial charge in [-0.25, -0.2) is 4.79 Å². The van der Waals surface area contributed by atoms with Crippen molar-refractivity contribution in [2.24, 2.45) is 0 Å². The summed E-state index contributed by atoms with van der Waals surface area (Å²) in [5, 5.41) is 19.4. The fraction of sp³-hybridized carbons (Fsp3) is 0.182. The predicted molar refractivity (Wildman–Crippen MR) is 59.0 cm³/mol. The molecular formula is C11H9NO5. The van der Waals surface area contributed by atoms with E-state index in [0.717, 1.165) is 6.07 Å². The van der Waals surface area contributed by atoms with Crippen molar-refractivity contribution in [2.75, 3.05) is 6.61 Å². The van der Waals surface area contributed by atoms with Gasteiger partial charge in [0.15, 0.2) is 0 Å². The Kier molecular flexibility index (Phi) is 4.06. The number of aromatic carboxylic acids is 1. The standard InChI is InChI=1S/C11H9NO5/c1-2-3-6-17-10-5-4-8(12(15)16)7-9(10)11(13)14/h1,4-5,7H,3,6H2,(H,13,14). The summed E-state index contributed by atoms with van der Waals surface area (Å²) in [7, 11) is 0. The highest BCUT2D eigenvalue weighted by Crippen LogP contribution is 2.24. The van der Waals surface area contributed by atoms with Crippen LogP contribution in [0.25, 0.3) is 0 Å². The first-order valence-corrected chi connectivity index (χ1v) is 4.64. The van der Waals surface area contributed by atoms with Crippen LogP contribution in [-0.2, 0) is 0 Å². The molecule has 0 spiro atoms. The number of benzene rings is 1. The number of nitro groups is 1. The Labute approximate surface area is 97.0 Å². The highest BCUT2D eigenvalue weighted by Gasteiger charge is 2.16. The summed E-state index contributed by atoms with van der Waals surface area (Å²) in [4.78, 5) is 20.7. The zero-order valence-corrected chi connectivity index (χ0v) is 8.75. The van der Waals surface area contributed by atoms with E-state index in [1.807, 2.05) is 0 Å². The van der Waals surface area contributed by atoms with Crippen LogP contribution in [0.4, 0.5) is 5.69 Å². The van der Waals surface area contributed by atoms with Crippen molar-refractivity contribution in [2.45, 2.75) is 6.42 Å². The molecule has 1 rings (SSSR count). The first-order chi connectivity index (χ1) is 8.06. The molecule has 17 heavy (non-hydrogen) atoms. The van der Waals surface area contributed by atoms with E-state index in [-0.39, 0.29) is 23.6 Å². The third kappa shape index (κ3) is 3.21. The minimum atomic E-state index is -1.29. The van der Waals surface area contributed by atoms with Crippen LogP contribution in [-0.4, -0.2) is 22.6 Å². The molecule has 0 saturated heterocycles. The Bertz CT molecular complexity index is 489. The molecule has 0 aliphatic rings. The second-order valence-electron chi connectivity index (χ2n) is 3.05. The number of nitrogens with zero attached hydrogens (tertiary/aromatic N) is 1. The van der Waals surface area contributed by atoms with Gasteiger partial charge in [-0.3, -0.25) is 10.1 Å². The van der Waals surface area contributed by atoms with E-state index in [4.69, 9.17) is 16.3 Å². The summed E-state index contributed by atoms with van der Waals surface area (Å²) < 4.78 is 5.13. The molecule has 0 unspecified atom stereocenters. The van der Waals surface area contributed by atoms with Gasteiger partial charge in [-0.05, 0) is 6.07 Å². The van der Waals surface area contributed by atoms with E-state index < -0.39 is 10.9 Å². The highest BCUT2D eigenvalue weighted by atomic mass is 16.6. The summed E-state index contributed by atoms with van der Waals surface area (Å²) in [6.45, 7) is 0.161. The molecule has 0 radical (unpaired) electrons. The zero-order valence-electron chi connectivity index (χ0n) is 8.75. The van der Waals surface area contributed by atoms with Crippen LogP contribution in [0.2, 0.25) is 0 Å². The van der Waals surface area contributed by atoms with Gasteiger partial charge < -0.3 is 9.84 Å². The number of nitro benzene ring substituents is 1. The minimum Gasteiger partial charge on any atom is -0.492 e. The molecule has 0 atom stereocenters. The van der Waals surface area contributed by atoms with Gasteiger partial charge in [0.2, 0.25) is 0 Å². The molecule has 1 aromatic rings.